The number of fused-ring (bicyclic) bond motifs is 1. The second-order valence-corrected chi connectivity index (χ2v) is 6.22. The van der Waals surface area contributed by atoms with E-state index in [1.807, 2.05) is 19.1 Å². The lowest BCUT2D eigenvalue weighted by Gasteiger charge is -2.12. The van der Waals surface area contributed by atoms with Crippen molar-refractivity contribution in [3.05, 3.63) is 51.7 Å². The molecular formula is C17H20N2OS. The van der Waals surface area contributed by atoms with E-state index in [2.05, 4.69) is 41.7 Å². The molecule has 3 aromatic rings. The van der Waals surface area contributed by atoms with Crippen LogP contribution >= 0.6 is 11.3 Å². The van der Waals surface area contributed by atoms with E-state index in [-0.39, 0.29) is 6.04 Å². The Bertz CT molecular complexity index is 744. The van der Waals surface area contributed by atoms with Gasteiger partial charge in [-0.25, -0.2) is 4.98 Å². The molecule has 110 valence electrons. The van der Waals surface area contributed by atoms with Crippen LogP contribution in [0.3, 0.4) is 0 Å². The fourth-order valence-electron chi connectivity index (χ4n) is 2.65. The lowest BCUT2D eigenvalue weighted by molar-refractivity contribution is 0.445. The Morgan fingerprint density at radius 2 is 2.14 bits per heavy atom. The molecule has 0 radical (unpaired) electrons. The smallest absolute Gasteiger partial charge is 0.134 e. The van der Waals surface area contributed by atoms with Gasteiger partial charge in [-0.1, -0.05) is 25.1 Å². The Balaban J connectivity index is 1.82. The normalized spacial score (nSPS) is 12.9. The molecule has 1 unspecified atom stereocenters. The van der Waals surface area contributed by atoms with Crippen LogP contribution in [0.1, 0.15) is 41.9 Å². The van der Waals surface area contributed by atoms with Gasteiger partial charge < -0.3 is 9.73 Å². The zero-order valence-corrected chi connectivity index (χ0v) is 13.5. The molecule has 0 saturated carbocycles. The third kappa shape index (κ3) is 2.87. The molecule has 0 aliphatic rings. The van der Waals surface area contributed by atoms with Gasteiger partial charge in [-0.15, -0.1) is 11.3 Å². The molecule has 2 heterocycles. The summed E-state index contributed by atoms with van der Waals surface area (Å²) in [6, 6.07) is 8.44. The molecule has 0 fully saturated rings. The Kier molecular flexibility index (Phi) is 4.08. The lowest BCUT2D eigenvalue weighted by atomic mass is 10.1. The summed E-state index contributed by atoms with van der Waals surface area (Å²) in [7, 11) is 0. The van der Waals surface area contributed by atoms with E-state index < -0.39 is 0 Å². The van der Waals surface area contributed by atoms with Gasteiger partial charge in [0.15, 0.2) is 0 Å². The van der Waals surface area contributed by atoms with Crippen molar-refractivity contribution in [1.29, 1.82) is 0 Å². The van der Waals surface area contributed by atoms with Crippen LogP contribution in [-0.2, 0) is 13.0 Å². The van der Waals surface area contributed by atoms with Crippen molar-refractivity contribution in [1.82, 2.24) is 10.3 Å². The number of furan rings is 1. The van der Waals surface area contributed by atoms with Gasteiger partial charge in [-0.3, -0.25) is 0 Å². The lowest BCUT2D eigenvalue weighted by Crippen LogP contribution is -2.18. The zero-order chi connectivity index (χ0) is 14.8. The number of nitrogens with one attached hydrogen (secondary N) is 1. The van der Waals surface area contributed by atoms with E-state index in [9.17, 15) is 0 Å². The summed E-state index contributed by atoms with van der Waals surface area (Å²) < 4.78 is 6.07. The average Bonchev–Trinajstić information content (AvgIpc) is 3.07. The Morgan fingerprint density at radius 1 is 1.33 bits per heavy atom. The molecule has 0 saturated heterocycles. The molecule has 2 aromatic heterocycles. The minimum atomic E-state index is 0.177. The van der Waals surface area contributed by atoms with E-state index >= 15 is 0 Å². The third-order valence-corrected chi connectivity index (χ3v) is 4.67. The molecule has 0 spiro atoms. The predicted octanol–water partition coefficient (Wildman–Crippen LogP) is 4.61. The maximum absolute atomic E-state index is 6.07. The van der Waals surface area contributed by atoms with E-state index in [1.165, 1.54) is 10.9 Å². The van der Waals surface area contributed by atoms with Crippen LogP contribution in [0.25, 0.3) is 11.0 Å². The van der Waals surface area contributed by atoms with E-state index in [0.29, 0.717) is 0 Å². The van der Waals surface area contributed by atoms with Crippen LogP contribution < -0.4 is 5.32 Å². The monoisotopic (exact) mass is 300 g/mol. The SMILES string of the molecule is CCc1c(C(C)NCc2nc(C)cs2)oc2ccccc12. The van der Waals surface area contributed by atoms with Gasteiger partial charge >= 0.3 is 0 Å². The van der Waals surface area contributed by atoms with Crippen molar-refractivity contribution < 1.29 is 4.42 Å². The fourth-order valence-corrected chi connectivity index (χ4v) is 3.37. The van der Waals surface area contributed by atoms with Crippen LogP contribution in [0, 0.1) is 6.92 Å². The molecule has 1 aromatic carbocycles. The molecule has 4 heteroatoms. The van der Waals surface area contributed by atoms with Gasteiger partial charge in [0.25, 0.3) is 0 Å². The summed E-state index contributed by atoms with van der Waals surface area (Å²) in [5.41, 5.74) is 3.37. The largest absolute Gasteiger partial charge is 0.459 e. The van der Waals surface area contributed by atoms with Crippen LogP contribution in [0.2, 0.25) is 0 Å². The standard InChI is InChI=1S/C17H20N2OS/c1-4-13-14-7-5-6-8-15(14)20-17(13)12(3)18-9-16-19-11(2)10-21-16/h5-8,10,12,18H,4,9H2,1-3H3. The molecule has 0 aliphatic carbocycles. The van der Waals surface area contributed by atoms with Crippen LogP contribution in [0.4, 0.5) is 0 Å². The number of hydrogen-bond acceptors (Lipinski definition) is 4. The molecular weight excluding hydrogens is 280 g/mol. The highest BCUT2D eigenvalue weighted by Gasteiger charge is 2.18. The molecule has 21 heavy (non-hydrogen) atoms. The molecule has 0 aliphatic heterocycles. The molecule has 0 amide bonds. The predicted molar refractivity (Wildman–Crippen MR) is 87.7 cm³/mol. The second-order valence-electron chi connectivity index (χ2n) is 5.28. The van der Waals surface area contributed by atoms with Gasteiger partial charge in [0.2, 0.25) is 0 Å². The Morgan fingerprint density at radius 3 is 2.86 bits per heavy atom. The van der Waals surface area contributed by atoms with Gasteiger partial charge in [0.05, 0.1) is 6.04 Å². The van der Waals surface area contributed by atoms with Crippen molar-refractivity contribution in [2.75, 3.05) is 0 Å². The van der Waals surface area contributed by atoms with Crippen LogP contribution in [-0.4, -0.2) is 4.98 Å². The summed E-state index contributed by atoms with van der Waals surface area (Å²) in [4.78, 5) is 4.49. The third-order valence-electron chi connectivity index (χ3n) is 3.70. The molecule has 3 rings (SSSR count). The number of benzene rings is 1. The first-order valence-corrected chi connectivity index (χ1v) is 8.21. The van der Waals surface area contributed by atoms with Crippen LogP contribution in [0.15, 0.2) is 34.1 Å². The number of thiazole rings is 1. The molecule has 0 bridgehead atoms. The zero-order valence-electron chi connectivity index (χ0n) is 12.6. The van der Waals surface area contributed by atoms with Crippen LogP contribution in [0.5, 0.6) is 0 Å². The number of para-hydroxylation sites is 1. The average molecular weight is 300 g/mol. The first kappa shape index (κ1) is 14.3. The van der Waals surface area contributed by atoms with Gasteiger partial charge in [-0.05, 0) is 26.3 Å². The Hall–Kier alpha value is -1.65. The maximum Gasteiger partial charge on any atom is 0.134 e. The van der Waals surface area contributed by atoms with E-state index in [4.69, 9.17) is 4.42 Å². The molecule has 1 atom stereocenters. The van der Waals surface area contributed by atoms with Crippen molar-refractivity contribution in [3.63, 3.8) is 0 Å². The van der Waals surface area contributed by atoms with Gasteiger partial charge in [-0.2, -0.15) is 0 Å². The van der Waals surface area contributed by atoms with Gasteiger partial charge in [0.1, 0.15) is 16.4 Å². The first-order valence-electron chi connectivity index (χ1n) is 7.33. The van der Waals surface area contributed by atoms with E-state index in [1.54, 1.807) is 11.3 Å². The summed E-state index contributed by atoms with van der Waals surface area (Å²) in [6.45, 7) is 7.13. The summed E-state index contributed by atoms with van der Waals surface area (Å²) in [5.74, 6) is 1.05. The minimum Gasteiger partial charge on any atom is -0.459 e. The number of nitrogens with zero attached hydrogens (tertiary/aromatic N) is 1. The number of hydrogen-bond donors (Lipinski definition) is 1. The quantitative estimate of drug-likeness (QED) is 0.747. The highest BCUT2D eigenvalue weighted by Crippen LogP contribution is 2.30. The highest BCUT2D eigenvalue weighted by molar-refractivity contribution is 7.09. The van der Waals surface area contributed by atoms with Crippen molar-refractivity contribution in [2.24, 2.45) is 0 Å². The molecule has 3 nitrogen and oxygen atoms in total. The maximum atomic E-state index is 6.07. The second kappa shape index (κ2) is 6.00. The Labute approximate surface area is 129 Å². The minimum absolute atomic E-state index is 0.177. The van der Waals surface area contributed by atoms with Crippen molar-refractivity contribution in [2.45, 2.75) is 39.8 Å². The summed E-state index contributed by atoms with van der Waals surface area (Å²) >= 11 is 1.70. The number of aryl methyl sites for hydroxylation is 2. The first-order chi connectivity index (χ1) is 10.2. The van der Waals surface area contributed by atoms with E-state index in [0.717, 1.165) is 35.0 Å². The summed E-state index contributed by atoms with van der Waals surface area (Å²) in [5, 5.41) is 7.95. The highest BCUT2D eigenvalue weighted by atomic mass is 32.1. The van der Waals surface area contributed by atoms with Gasteiger partial charge in [0, 0.05) is 28.6 Å². The number of rotatable bonds is 5. The van der Waals surface area contributed by atoms with Crippen molar-refractivity contribution in [3.8, 4) is 0 Å². The summed E-state index contributed by atoms with van der Waals surface area (Å²) in [6.07, 6.45) is 0.981. The molecule has 1 N–H and O–H groups in total. The number of aromatic nitrogens is 1. The topological polar surface area (TPSA) is 38.1 Å². The van der Waals surface area contributed by atoms with Crippen molar-refractivity contribution >= 4 is 22.3 Å². The fraction of sp³-hybridized carbons (Fsp3) is 0.353.